The largest absolute Gasteiger partial charge is 0.383 e. The molecular weight excluding hydrogens is 358 g/mol. The first-order valence-electron chi connectivity index (χ1n) is 10.3. The van der Waals surface area contributed by atoms with E-state index in [1.807, 2.05) is 24.9 Å². The number of nitrogens with one attached hydrogen (secondary N) is 1. The highest BCUT2D eigenvalue weighted by Crippen LogP contribution is 2.24. The number of ether oxygens (including phenoxy) is 1. The molecule has 1 unspecified atom stereocenters. The standard InChI is InChI=1S/C20H33N5O3/c1-15-13-18(23(2)22-15)20(27)24-10-6-17(7-11-24)25-9-4-5-16(14-25)19(26)21-8-12-28-3/h13,16-17H,4-12,14H2,1-3H3,(H,21,26). The van der Waals surface area contributed by atoms with Crippen LogP contribution in [0.2, 0.25) is 0 Å². The summed E-state index contributed by atoms with van der Waals surface area (Å²) in [6.07, 6.45) is 3.92. The van der Waals surface area contributed by atoms with Crippen LogP contribution in [-0.4, -0.2) is 83.9 Å². The first kappa shape index (κ1) is 20.8. The zero-order valence-corrected chi connectivity index (χ0v) is 17.3. The number of methoxy groups -OCH3 is 1. The lowest BCUT2D eigenvalue weighted by atomic mass is 9.93. The number of hydrogen-bond acceptors (Lipinski definition) is 5. The third kappa shape index (κ3) is 4.91. The van der Waals surface area contributed by atoms with E-state index in [4.69, 9.17) is 4.74 Å². The Morgan fingerprint density at radius 2 is 2.00 bits per heavy atom. The Morgan fingerprint density at radius 3 is 2.64 bits per heavy atom. The fourth-order valence-corrected chi connectivity index (χ4v) is 4.38. The van der Waals surface area contributed by atoms with Gasteiger partial charge in [0, 0.05) is 46.4 Å². The molecular formula is C20H33N5O3. The molecule has 0 radical (unpaired) electrons. The van der Waals surface area contributed by atoms with E-state index >= 15 is 0 Å². The van der Waals surface area contributed by atoms with Gasteiger partial charge in [0.15, 0.2) is 0 Å². The Kier molecular flexibility index (Phi) is 7.07. The van der Waals surface area contributed by atoms with Crippen molar-refractivity contribution in [1.82, 2.24) is 24.9 Å². The van der Waals surface area contributed by atoms with Crippen LogP contribution >= 0.6 is 0 Å². The molecule has 8 nitrogen and oxygen atoms in total. The molecule has 3 rings (SSSR count). The molecule has 1 N–H and O–H groups in total. The van der Waals surface area contributed by atoms with E-state index in [1.54, 1.807) is 11.8 Å². The SMILES string of the molecule is COCCNC(=O)C1CCCN(C2CCN(C(=O)c3cc(C)nn3C)CC2)C1. The van der Waals surface area contributed by atoms with E-state index in [-0.39, 0.29) is 17.7 Å². The Labute approximate surface area is 167 Å². The summed E-state index contributed by atoms with van der Waals surface area (Å²) in [7, 11) is 3.46. The smallest absolute Gasteiger partial charge is 0.272 e. The van der Waals surface area contributed by atoms with Crippen molar-refractivity contribution in [3.8, 4) is 0 Å². The number of aromatic nitrogens is 2. The quantitative estimate of drug-likeness (QED) is 0.726. The lowest BCUT2D eigenvalue weighted by Gasteiger charge is -2.42. The van der Waals surface area contributed by atoms with Gasteiger partial charge < -0.3 is 15.0 Å². The first-order valence-corrected chi connectivity index (χ1v) is 10.3. The van der Waals surface area contributed by atoms with Crippen LogP contribution in [0, 0.1) is 12.8 Å². The molecule has 1 aromatic rings. The first-order chi connectivity index (χ1) is 13.5. The third-order valence-electron chi connectivity index (χ3n) is 5.92. The monoisotopic (exact) mass is 391 g/mol. The molecule has 0 aromatic carbocycles. The van der Waals surface area contributed by atoms with Gasteiger partial charge in [0.25, 0.3) is 5.91 Å². The number of amides is 2. The van der Waals surface area contributed by atoms with Gasteiger partial charge in [-0.2, -0.15) is 5.10 Å². The molecule has 0 aliphatic carbocycles. The number of likely N-dealkylation sites (tertiary alicyclic amines) is 2. The van der Waals surface area contributed by atoms with Crippen molar-refractivity contribution >= 4 is 11.8 Å². The van der Waals surface area contributed by atoms with E-state index in [0.29, 0.717) is 24.9 Å². The summed E-state index contributed by atoms with van der Waals surface area (Å²) in [5.41, 5.74) is 1.52. The molecule has 3 heterocycles. The minimum absolute atomic E-state index is 0.0580. The summed E-state index contributed by atoms with van der Waals surface area (Å²) in [4.78, 5) is 29.5. The normalized spacial score (nSPS) is 21.7. The minimum atomic E-state index is 0.0580. The lowest BCUT2D eigenvalue weighted by Crippen LogP contribution is -2.51. The van der Waals surface area contributed by atoms with Gasteiger partial charge in [0.05, 0.1) is 18.2 Å². The molecule has 2 saturated heterocycles. The van der Waals surface area contributed by atoms with Gasteiger partial charge in [0.2, 0.25) is 5.91 Å². The maximum atomic E-state index is 12.8. The summed E-state index contributed by atoms with van der Waals surface area (Å²) in [5, 5.41) is 7.25. The average Bonchev–Trinajstić information content (AvgIpc) is 3.05. The molecule has 1 aromatic heterocycles. The molecule has 2 aliphatic rings. The van der Waals surface area contributed by atoms with Crippen LogP contribution in [0.4, 0.5) is 0 Å². The lowest BCUT2D eigenvalue weighted by molar-refractivity contribution is -0.127. The van der Waals surface area contributed by atoms with Crippen molar-refractivity contribution in [2.45, 2.75) is 38.6 Å². The van der Waals surface area contributed by atoms with Gasteiger partial charge in [-0.05, 0) is 45.2 Å². The Morgan fingerprint density at radius 1 is 1.25 bits per heavy atom. The van der Waals surface area contributed by atoms with E-state index in [1.165, 1.54) is 0 Å². The number of aryl methyl sites for hydroxylation is 2. The molecule has 2 amide bonds. The Bertz CT molecular complexity index is 681. The number of nitrogens with zero attached hydrogens (tertiary/aromatic N) is 4. The molecule has 8 heteroatoms. The summed E-state index contributed by atoms with van der Waals surface area (Å²) in [5.74, 6) is 0.263. The molecule has 156 valence electrons. The van der Waals surface area contributed by atoms with Gasteiger partial charge >= 0.3 is 0 Å². The van der Waals surface area contributed by atoms with Gasteiger partial charge in [-0.25, -0.2) is 0 Å². The van der Waals surface area contributed by atoms with Crippen molar-refractivity contribution in [2.24, 2.45) is 13.0 Å². The molecule has 2 aliphatic heterocycles. The van der Waals surface area contributed by atoms with Crippen molar-refractivity contribution in [1.29, 1.82) is 0 Å². The van der Waals surface area contributed by atoms with Crippen LogP contribution in [0.5, 0.6) is 0 Å². The van der Waals surface area contributed by atoms with E-state index in [0.717, 1.165) is 57.6 Å². The van der Waals surface area contributed by atoms with Gasteiger partial charge in [0.1, 0.15) is 5.69 Å². The fourth-order valence-electron chi connectivity index (χ4n) is 4.38. The van der Waals surface area contributed by atoms with Crippen molar-refractivity contribution < 1.29 is 14.3 Å². The van der Waals surface area contributed by atoms with Crippen molar-refractivity contribution in [3.05, 3.63) is 17.5 Å². The van der Waals surface area contributed by atoms with Gasteiger partial charge in [-0.15, -0.1) is 0 Å². The highest BCUT2D eigenvalue weighted by atomic mass is 16.5. The molecule has 1 atom stereocenters. The molecule has 0 saturated carbocycles. The second kappa shape index (κ2) is 9.52. The van der Waals surface area contributed by atoms with Crippen molar-refractivity contribution in [2.75, 3.05) is 46.4 Å². The topological polar surface area (TPSA) is 79.7 Å². The maximum absolute atomic E-state index is 12.8. The van der Waals surface area contributed by atoms with Gasteiger partial charge in [-0.1, -0.05) is 0 Å². The average molecular weight is 392 g/mol. The predicted molar refractivity (Wildman–Crippen MR) is 106 cm³/mol. The van der Waals surface area contributed by atoms with E-state index in [9.17, 15) is 9.59 Å². The highest BCUT2D eigenvalue weighted by molar-refractivity contribution is 5.92. The third-order valence-corrected chi connectivity index (χ3v) is 5.92. The number of carbonyl (C=O) groups is 2. The van der Waals surface area contributed by atoms with Crippen LogP contribution in [-0.2, 0) is 16.6 Å². The van der Waals surface area contributed by atoms with Crippen LogP contribution < -0.4 is 5.32 Å². The summed E-state index contributed by atoms with van der Waals surface area (Å²) >= 11 is 0. The van der Waals surface area contributed by atoms with Crippen LogP contribution in [0.1, 0.15) is 41.9 Å². The highest BCUT2D eigenvalue weighted by Gasteiger charge is 2.33. The maximum Gasteiger partial charge on any atom is 0.272 e. The van der Waals surface area contributed by atoms with E-state index < -0.39 is 0 Å². The Balaban J connectivity index is 1.49. The number of hydrogen-bond donors (Lipinski definition) is 1. The summed E-state index contributed by atoms with van der Waals surface area (Å²) in [6, 6.07) is 2.30. The Hall–Kier alpha value is -1.93. The predicted octanol–water partition coefficient (Wildman–Crippen LogP) is 0.808. The zero-order chi connectivity index (χ0) is 20.1. The number of carbonyl (C=O) groups excluding carboxylic acids is 2. The second-order valence-electron chi connectivity index (χ2n) is 7.94. The van der Waals surface area contributed by atoms with Crippen LogP contribution in [0.25, 0.3) is 0 Å². The molecule has 0 bridgehead atoms. The fraction of sp³-hybridized carbons (Fsp3) is 0.750. The molecule has 0 spiro atoms. The summed E-state index contributed by atoms with van der Waals surface area (Å²) < 4.78 is 6.67. The second-order valence-corrected chi connectivity index (χ2v) is 7.94. The molecule has 2 fully saturated rings. The number of piperidine rings is 2. The minimum Gasteiger partial charge on any atom is -0.383 e. The summed E-state index contributed by atoms with van der Waals surface area (Å²) in [6.45, 7) is 6.40. The van der Waals surface area contributed by atoms with Gasteiger partial charge in [-0.3, -0.25) is 19.2 Å². The molecule has 28 heavy (non-hydrogen) atoms. The van der Waals surface area contributed by atoms with Crippen LogP contribution in [0.3, 0.4) is 0 Å². The van der Waals surface area contributed by atoms with E-state index in [2.05, 4.69) is 15.3 Å². The zero-order valence-electron chi connectivity index (χ0n) is 17.3. The van der Waals surface area contributed by atoms with Crippen molar-refractivity contribution in [3.63, 3.8) is 0 Å². The number of rotatable bonds is 6. The van der Waals surface area contributed by atoms with Crippen LogP contribution in [0.15, 0.2) is 6.07 Å².